The van der Waals surface area contributed by atoms with Crippen LogP contribution in [0.2, 0.25) is 6.04 Å². The standard InChI is InChI=1S/C28H37NO3Si/c1-6-30-33(31-7-2,32-8-3)20-19-25-15-17-26(18-16-25)29(27-13-9-11-23(4)21-27)28-14-10-12-24(5)22-28/h9-18,21-22H,6-8,19-20H2,1-5H3. The molecule has 0 atom stereocenters. The van der Waals surface area contributed by atoms with Crippen molar-refractivity contribution < 1.29 is 13.3 Å². The van der Waals surface area contributed by atoms with E-state index in [1.54, 1.807) is 0 Å². The predicted octanol–water partition coefficient (Wildman–Crippen LogP) is 7.36. The molecule has 3 aromatic rings. The molecule has 5 heteroatoms. The second-order valence-electron chi connectivity index (χ2n) is 8.16. The van der Waals surface area contributed by atoms with Crippen molar-refractivity contribution in [2.75, 3.05) is 24.7 Å². The van der Waals surface area contributed by atoms with Crippen LogP contribution in [0.5, 0.6) is 0 Å². The maximum atomic E-state index is 6.02. The lowest BCUT2D eigenvalue weighted by atomic mass is 10.1. The molecule has 3 aromatic carbocycles. The third kappa shape index (κ3) is 6.78. The van der Waals surface area contributed by atoms with Gasteiger partial charge in [-0.1, -0.05) is 36.4 Å². The number of hydrogen-bond donors (Lipinski definition) is 0. The fourth-order valence-electron chi connectivity index (χ4n) is 4.09. The number of anilines is 3. The minimum atomic E-state index is -2.64. The van der Waals surface area contributed by atoms with Crippen LogP contribution in [0.3, 0.4) is 0 Å². The largest absolute Gasteiger partial charge is 0.501 e. The molecule has 4 nitrogen and oxygen atoms in total. The van der Waals surface area contributed by atoms with E-state index in [4.69, 9.17) is 13.3 Å². The van der Waals surface area contributed by atoms with Gasteiger partial charge in [0, 0.05) is 42.9 Å². The van der Waals surface area contributed by atoms with Gasteiger partial charge in [0.15, 0.2) is 0 Å². The first kappa shape index (κ1) is 25.2. The molecule has 0 aliphatic heterocycles. The maximum Gasteiger partial charge on any atom is 0.501 e. The second kappa shape index (κ2) is 12.1. The second-order valence-corrected chi connectivity index (χ2v) is 10.9. The SMILES string of the molecule is CCO[Si](CCc1ccc(N(c2cccc(C)c2)c2cccc(C)c2)cc1)(OCC)OCC. The molecule has 0 saturated carbocycles. The summed E-state index contributed by atoms with van der Waals surface area (Å²) in [5.41, 5.74) is 7.19. The Morgan fingerprint density at radius 2 is 1.12 bits per heavy atom. The number of hydrogen-bond acceptors (Lipinski definition) is 4. The van der Waals surface area contributed by atoms with Gasteiger partial charge in [-0.25, -0.2) is 0 Å². The number of rotatable bonds is 12. The van der Waals surface area contributed by atoms with Gasteiger partial charge in [-0.15, -0.1) is 0 Å². The molecule has 0 aromatic heterocycles. The minimum absolute atomic E-state index is 0.604. The molecule has 0 unspecified atom stereocenters. The van der Waals surface area contributed by atoms with Gasteiger partial charge in [0.05, 0.1) is 0 Å². The Kier molecular flexibility index (Phi) is 9.27. The van der Waals surface area contributed by atoms with E-state index in [-0.39, 0.29) is 0 Å². The van der Waals surface area contributed by atoms with E-state index >= 15 is 0 Å². The molecule has 0 aliphatic rings. The van der Waals surface area contributed by atoms with Gasteiger partial charge < -0.3 is 18.2 Å². The Labute approximate surface area is 200 Å². The maximum absolute atomic E-state index is 6.02. The molecule has 0 amide bonds. The van der Waals surface area contributed by atoms with E-state index in [0.29, 0.717) is 19.8 Å². The summed E-state index contributed by atoms with van der Waals surface area (Å²) < 4.78 is 18.1. The molecule has 33 heavy (non-hydrogen) atoms. The van der Waals surface area contributed by atoms with E-state index in [2.05, 4.69) is 91.5 Å². The van der Waals surface area contributed by atoms with E-state index in [1.807, 2.05) is 20.8 Å². The highest BCUT2D eigenvalue weighted by Crippen LogP contribution is 2.35. The Hall–Kier alpha value is -2.44. The first-order valence-corrected chi connectivity index (χ1v) is 13.9. The van der Waals surface area contributed by atoms with Gasteiger partial charge in [-0.05, 0) is 94.1 Å². The topological polar surface area (TPSA) is 30.9 Å². The molecule has 0 spiro atoms. The molecule has 0 bridgehead atoms. The van der Waals surface area contributed by atoms with Crippen molar-refractivity contribution in [3.05, 3.63) is 89.5 Å². The summed E-state index contributed by atoms with van der Waals surface area (Å²) in [6.07, 6.45) is 0.862. The molecule has 0 fully saturated rings. The van der Waals surface area contributed by atoms with Crippen molar-refractivity contribution in [2.24, 2.45) is 0 Å². The van der Waals surface area contributed by atoms with Gasteiger partial charge in [-0.2, -0.15) is 0 Å². The monoisotopic (exact) mass is 463 g/mol. The smallest absolute Gasteiger partial charge is 0.374 e. The summed E-state index contributed by atoms with van der Waals surface area (Å²) in [6, 6.07) is 26.8. The Morgan fingerprint density at radius 1 is 0.636 bits per heavy atom. The van der Waals surface area contributed by atoms with Crippen LogP contribution in [0.15, 0.2) is 72.8 Å². The summed E-state index contributed by atoms with van der Waals surface area (Å²) in [7, 11) is -2.64. The predicted molar refractivity (Wildman–Crippen MR) is 140 cm³/mol. The van der Waals surface area contributed by atoms with Crippen LogP contribution < -0.4 is 4.90 Å². The fraction of sp³-hybridized carbons (Fsp3) is 0.357. The van der Waals surface area contributed by atoms with Gasteiger partial charge in [0.2, 0.25) is 0 Å². The summed E-state index contributed by atoms with van der Waals surface area (Å²) in [6.45, 7) is 12.1. The van der Waals surface area contributed by atoms with Crippen LogP contribution in [0, 0.1) is 13.8 Å². The molecule has 176 valence electrons. The van der Waals surface area contributed by atoms with Gasteiger partial charge in [0.1, 0.15) is 0 Å². The summed E-state index contributed by atoms with van der Waals surface area (Å²) >= 11 is 0. The van der Waals surface area contributed by atoms with Gasteiger partial charge in [0.25, 0.3) is 0 Å². The summed E-state index contributed by atoms with van der Waals surface area (Å²) in [4.78, 5) is 2.31. The minimum Gasteiger partial charge on any atom is -0.374 e. The van der Waals surface area contributed by atoms with Gasteiger partial charge in [-0.3, -0.25) is 0 Å². The number of benzene rings is 3. The number of aryl methyl sites for hydroxylation is 3. The first-order chi connectivity index (χ1) is 16.0. The van der Waals surface area contributed by atoms with Crippen LogP contribution in [-0.2, 0) is 19.7 Å². The van der Waals surface area contributed by atoms with Crippen molar-refractivity contribution >= 4 is 25.9 Å². The van der Waals surface area contributed by atoms with Crippen LogP contribution in [-0.4, -0.2) is 28.6 Å². The molecule has 0 saturated heterocycles. The van der Waals surface area contributed by atoms with Crippen LogP contribution in [0.4, 0.5) is 17.1 Å². The highest BCUT2D eigenvalue weighted by molar-refractivity contribution is 6.60. The average Bonchev–Trinajstić information content (AvgIpc) is 2.80. The molecule has 0 aliphatic carbocycles. The van der Waals surface area contributed by atoms with E-state index < -0.39 is 8.80 Å². The van der Waals surface area contributed by atoms with E-state index in [1.165, 1.54) is 16.7 Å². The Bertz CT molecular complexity index is 944. The van der Waals surface area contributed by atoms with Crippen molar-refractivity contribution in [2.45, 2.75) is 47.1 Å². The zero-order valence-corrected chi connectivity index (χ0v) is 21.6. The van der Waals surface area contributed by atoms with Crippen molar-refractivity contribution in [1.29, 1.82) is 0 Å². The number of nitrogens with zero attached hydrogens (tertiary/aromatic N) is 1. The lowest BCUT2D eigenvalue weighted by Gasteiger charge is -2.28. The lowest BCUT2D eigenvalue weighted by Crippen LogP contribution is -2.46. The normalized spacial score (nSPS) is 11.5. The highest BCUT2D eigenvalue weighted by Gasteiger charge is 2.39. The van der Waals surface area contributed by atoms with Crippen LogP contribution in [0.1, 0.15) is 37.5 Å². The Morgan fingerprint density at radius 3 is 1.55 bits per heavy atom. The van der Waals surface area contributed by atoms with Crippen molar-refractivity contribution in [3.8, 4) is 0 Å². The van der Waals surface area contributed by atoms with Crippen molar-refractivity contribution in [1.82, 2.24) is 0 Å². The first-order valence-electron chi connectivity index (χ1n) is 11.9. The fourth-order valence-corrected chi connectivity index (χ4v) is 6.69. The van der Waals surface area contributed by atoms with Gasteiger partial charge >= 0.3 is 8.80 Å². The molecular weight excluding hydrogens is 426 g/mol. The Balaban J connectivity index is 1.86. The third-order valence-electron chi connectivity index (χ3n) is 5.53. The van der Waals surface area contributed by atoms with Crippen molar-refractivity contribution in [3.63, 3.8) is 0 Å². The summed E-state index contributed by atoms with van der Waals surface area (Å²) in [5, 5.41) is 0. The molecule has 3 rings (SSSR count). The molecule has 0 radical (unpaired) electrons. The van der Waals surface area contributed by atoms with Crippen LogP contribution in [0.25, 0.3) is 0 Å². The summed E-state index contributed by atoms with van der Waals surface area (Å²) in [5.74, 6) is 0. The molecule has 0 N–H and O–H groups in total. The molecule has 0 heterocycles. The average molecular weight is 464 g/mol. The molecular formula is C28H37NO3Si. The lowest BCUT2D eigenvalue weighted by molar-refractivity contribution is 0.0714. The highest BCUT2D eigenvalue weighted by atomic mass is 28.4. The quantitative estimate of drug-likeness (QED) is 0.262. The van der Waals surface area contributed by atoms with E-state index in [9.17, 15) is 0 Å². The van der Waals surface area contributed by atoms with Crippen LogP contribution >= 0.6 is 0 Å². The van der Waals surface area contributed by atoms with E-state index in [0.717, 1.165) is 29.5 Å². The zero-order valence-electron chi connectivity index (χ0n) is 20.6. The zero-order chi connectivity index (χ0) is 23.7. The third-order valence-corrected chi connectivity index (χ3v) is 8.57.